The maximum Gasteiger partial charge on any atom is 0.133 e. The van der Waals surface area contributed by atoms with Gasteiger partial charge in [0.25, 0.3) is 0 Å². The van der Waals surface area contributed by atoms with Crippen LogP contribution in [0.2, 0.25) is 0 Å². The molecule has 0 amide bonds. The number of aryl methyl sites for hydroxylation is 1. The number of hydrogen-bond donors (Lipinski definition) is 1. The zero-order valence-corrected chi connectivity index (χ0v) is 11.5. The SMILES string of the molecule is Cc1cc(C(N)=S)cc(N(C)c2cccc(F)c2)n1. The van der Waals surface area contributed by atoms with E-state index in [1.54, 1.807) is 17.0 Å². The van der Waals surface area contributed by atoms with Crippen LogP contribution in [0.4, 0.5) is 15.9 Å². The van der Waals surface area contributed by atoms with E-state index in [4.69, 9.17) is 18.0 Å². The molecule has 1 aromatic carbocycles. The molecule has 98 valence electrons. The van der Waals surface area contributed by atoms with E-state index in [1.807, 2.05) is 26.1 Å². The summed E-state index contributed by atoms with van der Waals surface area (Å²) < 4.78 is 13.2. The van der Waals surface area contributed by atoms with Crippen LogP contribution in [0, 0.1) is 12.7 Å². The zero-order chi connectivity index (χ0) is 14.0. The maximum atomic E-state index is 13.2. The molecule has 0 saturated heterocycles. The molecule has 5 heteroatoms. The summed E-state index contributed by atoms with van der Waals surface area (Å²) in [7, 11) is 1.82. The van der Waals surface area contributed by atoms with Crippen molar-refractivity contribution in [3.8, 4) is 0 Å². The fraction of sp³-hybridized carbons (Fsp3) is 0.143. The van der Waals surface area contributed by atoms with Crippen LogP contribution in [0.3, 0.4) is 0 Å². The molecular formula is C14H14FN3S. The highest BCUT2D eigenvalue weighted by Gasteiger charge is 2.09. The Kier molecular flexibility index (Phi) is 3.76. The lowest BCUT2D eigenvalue weighted by molar-refractivity contribution is 0.628. The van der Waals surface area contributed by atoms with Gasteiger partial charge in [-0.15, -0.1) is 0 Å². The lowest BCUT2D eigenvalue weighted by atomic mass is 10.2. The fourth-order valence-corrected chi connectivity index (χ4v) is 1.90. The molecule has 1 aromatic heterocycles. The highest BCUT2D eigenvalue weighted by atomic mass is 32.1. The van der Waals surface area contributed by atoms with Crippen LogP contribution in [0.25, 0.3) is 0 Å². The normalized spacial score (nSPS) is 10.3. The first kappa shape index (κ1) is 13.4. The molecule has 0 aliphatic carbocycles. The van der Waals surface area contributed by atoms with Crippen molar-refractivity contribution < 1.29 is 4.39 Å². The van der Waals surface area contributed by atoms with Crippen LogP contribution in [0.15, 0.2) is 36.4 Å². The number of aromatic nitrogens is 1. The van der Waals surface area contributed by atoms with Crippen molar-refractivity contribution in [2.75, 3.05) is 11.9 Å². The maximum absolute atomic E-state index is 13.2. The standard InChI is InChI=1S/C14H14FN3S/c1-9-6-10(14(16)19)7-13(17-9)18(2)12-5-3-4-11(15)8-12/h3-8H,1-2H3,(H2,16,19). The molecule has 0 spiro atoms. The summed E-state index contributed by atoms with van der Waals surface area (Å²) in [4.78, 5) is 6.52. The predicted molar refractivity (Wildman–Crippen MR) is 79.3 cm³/mol. The molecule has 0 bridgehead atoms. The average Bonchev–Trinajstić information content (AvgIpc) is 2.37. The van der Waals surface area contributed by atoms with Crippen molar-refractivity contribution in [1.29, 1.82) is 0 Å². The Bertz CT molecular complexity index is 628. The molecule has 0 radical (unpaired) electrons. The molecule has 0 atom stereocenters. The van der Waals surface area contributed by atoms with E-state index in [0.29, 0.717) is 16.5 Å². The second-order valence-electron chi connectivity index (χ2n) is 4.26. The van der Waals surface area contributed by atoms with Crippen molar-refractivity contribution in [1.82, 2.24) is 4.98 Å². The van der Waals surface area contributed by atoms with Crippen LogP contribution >= 0.6 is 12.2 Å². The summed E-state index contributed by atoms with van der Waals surface area (Å²) in [6.45, 7) is 1.87. The van der Waals surface area contributed by atoms with E-state index in [2.05, 4.69) is 4.98 Å². The van der Waals surface area contributed by atoms with Crippen molar-refractivity contribution in [2.45, 2.75) is 6.92 Å². The molecule has 0 unspecified atom stereocenters. The Labute approximate surface area is 116 Å². The van der Waals surface area contributed by atoms with E-state index in [0.717, 1.165) is 11.3 Å². The minimum absolute atomic E-state index is 0.286. The number of thiocarbonyl (C=S) groups is 1. The quantitative estimate of drug-likeness (QED) is 0.875. The number of nitrogens with two attached hydrogens (primary N) is 1. The van der Waals surface area contributed by atoms with Crippen LogP contribution < -0.4 is 10.6 Å². The summed E-state index contributed by atoms with van der Waals surface area (Å²) >= 11 is 4.98. The van der Waals surface area contributed by atoms with E-state index < -0.39 is 0 Å². The predicted octanol–water partition coefficient (Wildman–Crippen LogP) is 2.93. The van der Waals surface area contributed by atoms with Gasteiger partial charge in [-0.05, 0) is 37.3 Å². The van der Waals surface area contributed by atoms with E-state index in [1.165, 1.54) is 12.1 Å². The van der Waals surface area contributed by atoms with E-state index in [9.17, 15) is 4.39 Å². The minimum atomic E-state index is -0.286. The minimum Gasteiger partial charge on any atom is -0.389 e. The van der Waals surface area contributed by atoms with Gasteiger partial charge in [-0.1, -0.05) is 18.3 Å². The van der Waals surface area contributed by atoms with Crippen LogP contribution in [-0.4, -0.2) is 17.0 Å². The smallest absolute Gasteiger partial charge is 0.133 e. The first-order chi connectivity index (χ1) is 8.97. The number of hydrogen-bond acceptors (Lipinski definition) is 3. The number of pyridine rings is 1. The van der Waals surface area contributed by atoms with Crippen LogP contribution in [0.5, 0.6) is 0 Å². The molecule has 0 aliphatic heterocycles. The van der Waals surface area contributed by atoms with Gasteiger partial charge in [0.2, 0.25) is 0 Å². The molecule has 1 heterocycles. The second-order valence-corrected chi connectivity index (χ2v) is 4.70. The van der Waals surface area contributed by atoms with E-state index >= 15 is 0 Å². The molecule has 0 fully saturated rings. The molecule has 3 nitrogen and oxygen atoms in total. The Morgan fingerprint density at radius 3 is 2.68 bits per heavy atom. The van der Waals surface area contributed by atoms with Crippen molar-refractivity contribution in [2.24, 2.45) is 5.73 Å². The molecule has 0 saturated carbocycles. The van der Waals surface area contributed by atoms with Gasteiger partial charge >= 0.3 is 0 Å². The van der Waals surface area contributed by atoms with Gasteiger partial charge < -0.3 is 10.6 Å². The Balaban J connectivity index is 2.43. The Hall–Kier alpha value is -2.01. The van der Waals surface area contributed by atoms with Gasteiger partial charge in [0.1, 0.15) is 16.6 Å². The van der Waals surface area contributed by atoms with Crippen LogP contribution in [0.1, 0.15) is 11.3 Å². The Morgan fingerprint density at radius 1 is 1.32 bits per heavy atom. The summed E-state index contributed by atoms with van der Waals surface area (Å²) in [5.41, 5.74) is 7.91. The second kappa shape index (κ2) is 5.32. The molecule has 2 aromatic rings. The summed E-state index contributed by atoms with van der Waals surface area (Å²) in [5.74, 6) is 0.389. The molecule has 2 rings (SSSR count). The number of rotatable bonds is 3. The summed E-state index contributed by atoms with van der Waals surface area (Å²) in [6.07, 6.45) is 0. The van der Waals surface area contributed by atoms with Crippen LogP contribution in [-0.2, 0) is 0 Å². The molecular weight excluding hydrogens is 261 g/mol. The average molecular weight is 275 g/mol. The molecule has 0 aliphatic rings. The monoisotopic (exact) mass is 275 g/mol. The third kappa shape index (κ3) is 3.06. The van der Waals surface area contributed by atoms with E-state index in [-0.39, 0.29) is 5.82 Å². The highest BCUT2D eigenvalue weighted by Crippen LogP contribution is 2.23. The highest BCUT2D eigenvalue weighted by molar-refractivity contribution is 7.80. The fourth-order valence-electron chi connectivity index (χ4n) is 1.78. The molecule has 19 heavy (non-hydrogen) atoms. The van der Waals surface area contributed by atoms with Gasteiger partial charge in [0.15, 0.2) is 0 Å². The number of benzene rings is 1. The van der Waals surface area contributed by atoms with Gasteiger partial charge in [-0.25, -0.2) is 9.37 Å². The van der Waals surface area contributed by atoms with Gasteiger partial charge in [-0.2, -0.15) is 0 Å². The zero-order valence-electron chi connectivity index (χ0n) is 10.7. The number of nitrogens with zero attached hydrogens (tertiary/aromatic N) is 2. The lowest BCUT2D eigenvalue weighted by Crippen LogP contribution is -2.15. The van der Waals surface area contributed by atoms with Gasteiger partial charge in [0, 0.05) is 24.0 Å². The lowest BCUT2D eigenvalue weighted by Gasteiger charge is -2.19. The third-order valence-electron chi connectivity index (χ3n) is 2.76. The van der Waals surface area contributed by atoms with Gasteiger partial charge in [0.05, 0.1) is 0 Å². The summed E-state index contributed by atoms with van der Waals surface area (Å²) in [5, 5.41) is 0. The number of anilines is 2. The van der Waals surface area contributed by atoms with Crippen molar-refractivity contribution >= 4 is 28.7 Å². The Morgan fingerprint density at radius 2 is 2.05 bits per heavy atom. The third-order valence-corrected chi connectivity index (χ3v) is 3.00. The number of halogens is 1. The topological polar surface area (TPSA) is 42.1 Å². The van der Waals surface area contributed by atoms with Crippen molar-refractivity contribution in [3.05, 3.63) is 53.5 Å². The molecule has 2 N–H and O–H groups in total. The summed E-state index contributed by atoms with van der Waals surface area (Å²) in [6, 6.07) is 9.94. The van der Waals surface area contributed by atoms with Crippen molar-refractivity contribution in [3.63, 3.8) is 0 Å². The van der Waals surface area contributed by atoms with Gasteiger partial charge in [-0.3, -0.25) is 0 Å². The largest absolute Gasteiger partial charge is 0.389 e. The first-order valence-corrected chi connectivity index (χ1v) is 6.16. The first-order valence-electron chi connectivity index (χ1n) is 5.75.